The third kappa shape index (κ3) is 5.11. The number of halogens is 3. The van der Waals surface area contributed by atoms with Gasteiger partial charge in [0.25, 0.3) is 0 Å². The maximum Gasteiger partial charge on any atom is 0.433 e. The fraction of sp³-hybridized carbons (Fsp3) is 0.421. The van der Waals surface area contributed by atoms with Gasteiger partial charge in [0.2, 0.25) is 0 Å². The SMILES string of the molecule is CC1CCN(c2nc(C(F)(F)F)ccc2CNC(=O)Nc2ccccn2)CC1. The van der Waals surface area contributed by atoms with Crippen molar-refractivity contribution in [3.63, 3.8) is 0 Å². The first-order valence-corrected chi connectivity index (χ1v) is 9.11. The average molecular weight is 393 g/mol. The maximum atomic E-state index is 13.1. The van der Waals surface area contributed by atoms with Gasteiger partial charge in [-0.05, 0) is 37.0 Å². The molecular weight excluding hydrogens is 371 g/mol. The fourth-order valence-electron chi connectivity index (χ4n) is 3.04. The minimum Gasteiger partial charge on any atom is -0.356 e. The Morgan fingerprint density at radius 3 is 2.61 bits per heavy atom. The molecule has 1 fully saturated rings. The molecule has 1 aliphatic heterocycles. The molecule has 3 rings (SSSR count). The maximum absolute atomic E-state index is 13.1. The minimum atomic E-state index is -4.51. The van der Waals surface area contributed by atoms with Crippen molar-refractivity contribution in [2.75, 3.05) is 23.3 Å². The summed E-state index contributed by atoms with van der Waals surface area (Å²) in [6.07, 6.45) is -1.18. The highest BCUT2D eigenvalue weighted by Gasteiger charge is 2.34. The first kappa shape index (κ1) is 19.9. The van der Waals surface area contributed by atoms with E-state index in [1.165, 1.54) is 6.07 Å². The van der Waals surface area contributed by atoms with Crippen LogP contribution in [0.25, 0.3) is 0 Å². The van der Waals surface area contributed by atoms with E-state index >= 15 is 0 Å². The molecule has 2 aromatic rings. The summed E-state index contributed by atoms with van der Waals surface area (Å²) in [6.45, 7) is 3.47. The Balaban J connectivity index is 1.74. The summed E-state index contributed by atoms with van der Waals surface area (Å²) in [5, 5.41) is 5.23. The molecule has 0 saturated carbocycles. The number of pyridine rings is 2. The summed E-state index contributed by atoms with van der Waals surface area (Å²) in [6, 6.07) is 6.94. The van der Waals surface area contributed by atoms with Crippen LogP contribution in [0, 0.1) is 5.92 Å². The van der Waals surface area contributed by atoms with Crippen LogP contribution in [0.2, 0.25) is 0 Å². The van der Waals surface area contributed by atoms with Crippen LogP contribution in [0.4, 0.5) is 29.6 Å². The van der Waals surface area contributed by atoms with Crippen LogP contribution in [0.3, 0.4) is 0 Å². The number of urea groups is 1. The zero-order chi connectivity index (χ0) is 20.1. The molecule has 28 heavy (non-hydrogen) atoms. The Bertz CT molecular complexity index is 805. The highest BCUT2D eigenvalue weighted by atomic mass is 19.4. The number of anilines is 2. The molecule has 0 aliphatic carbocycles. The van der Waals surface area contributed by atoms with Gasteiger partial charge in [0.15, 0.2) is 0 Å². The molecule has 0 spiro atoms. The minimum absolute atomic E-state index is 0.0607. The lowest BCUT2D eigenvalue weighted by Gasteiger charge is -2.33. The number of rotatable bonds is 4. The van der Waals surface area contributed by atoms with Gasteiger partial charge < -0.3 is 10.2 Å². The molecular formula is C19H22F3N5O. The molecule has 0 aromatic carbocycles. The third-order valence-electron chi connectivity index (χ3n) is 4.68. The monoisotopic (exact) mass is 393 g/mol. The second kappa shape index (κ2) is 8.45. The molecule has 3 heterocycles. The number of piperidine rings is 1. The van der Waals surface area contributed by atoms with Gasteiger partial charge in [-0.3, -0.25) is 5.32 Å². The summed E-state index contributed by atoms with van der Waals surface area (Å²) in [5.41, 5.74) is -0.387. The molecule has 0 bridgehead atoms. The van der Waals surface area contributed by atoms with Gasteiger partial charge in [-0.25, -0.2) is 14.8 Å². The van der Waals surface area contributed by atoms with Crippen molar-refractivity contribution in [1.82, 2.24) is 15.3 Å². The number of amides is 2. The zero-order valence-corrected chi connectivity index (χ0v) is 15.5. The molecule has 2 amide bonds. The number of nitrogens with zero attached hydrogens (tertiary/aromatic N) is 3. The number of hydrogen-bond donors (Lipinski definition) is 2. The molecule has 0 unspecified atom stereocenters. The van der Waals surface area contributed by atoms with Gasteiger partial charge in [-0.2, -0.15) is 13.2 Å². The van der Waals surface area contributed by atoms with Crippen molar-refractivity contribution in [3.05, 3.63) is 47.8 Å². The average Bonchev–Trinajstić information content (AvgIpc) is 2.67. The van der Waals surface area contributed by atoms with E-state index in [4.69, 9.17) is 0 Å². The zero-order valence-electron chi connectivity index (χ0n) is 15.5. The molecule has 2 aromatic heterocycles. The number of alkyl halides is 3. The lowest BCUT2D eigenvalue weighted by atomic mass is 9.99. The summed E-state index contributed by atoms with van der Waals surface area (Å²) < 4.78 is 39.4. The highest BCUT2D eigenvalue weighted by Crippen LogP contribution is 2.32. The van der Waals surface area contributed by atoms with E-state index < -0.39 is 17.9 Å². The van der Waals surface area contributed by atoms with E-state index in [9.17, 15) is 18.0 Å². The van der Waals surface area contributed by atoms with Crippen molar-refractivity contribution >= 4 is 17.7 Å². The summed E-state index contributed by atoms with van der Waals surface area (Å²) in [7, 11) is 0. The number of carbonyl (C=O) groups excluding carboxylic acids is 1. The van der Waals surface area contributed by atoms with Gasteiger partial charge in [-0.1, -0.05) is 19.1 Å². The van der Waals surface area contributed by atoms with E-state index in [0.717, 1.165) is 18.9 Å². The van der Waals surface area contributed by atoms with Crippen molar-refractivity contribution in [3.8, 4) is 0 Å². The Hall–Kier alpha value is -2.84. The van der Waals surface area contributed by atoms with Crippen molar-refractivity contribution in [2.24, 2.45) is 5.92 Å². The predicted molar refractivity (Wildman–Crippen MR) is 99.9 cm³/mol. The highest BCUT2D eigenvalue weighted by molar-refractivity contribution is 5.88. The molecule has 1 aliphatic rings. The predicted octanol–water partition coefficient (Wildman–Crippen LogP) is 4.05. The van der Waals surface area contributed by atoms with E-state index in [1.54, 1.807) is 24.4 Å². The Morgan fingerprint density at radius 1 is 1.21 bits per heavy atom. The quantitative estimate of drug-likeness (QED) is 0.822. The summed E-state index contributed by atoms with van der Waals surface area (Å²) in [5.74, 6) is 1.20. The van der Waals surface area contributed by atoms with Crippen molar-refractivity contribution < 1.29 is 18.0 Å². The summed E-state index contributed by atoms with van der Waals surface area (Å²) in [4.78, 5) is 21.8. The number of carbonyl (C=O) groups is 1. The lowest BCUT2D eigenvalue weighted by Crippen LogP contribution is -2.36. The number of nitrogens with one attached hydrogen (secondary N) is 2. The van der Waals surface area contributed by atoms with Gasteiger partial charge in [0.1, 0.15) is 17.3 Å². The summed E-state index contributed by atoms with van der Waals surface area (Å²) >= 11 is 0. The van der Waals surface area contributed by atoms with Crippen LogP contribution < -0.4 is 15.5 Å². The van der Waals surface area contributed by atoms with Crippen molar-refractivity contribution in [2.45, 2.75) is 32.5 Å². The van der Waals surface area contributed by atoms with Gasteiger partial charge in [0.05, 0.1) is 0 Å². The molecule has 6 nitrogen and oxygen atoms in total. The van der Waals surface area contributed by atoms with Crippen LogP contribution in [0.1, 0.15) is 31.0 Å². The molecule has 0 radical (unpaired) electrons. The third-order valence-corrected chi connectivity index (χ3v) is 4.68. The standard InChI is InChI=1S/C19H22F3N5O/c1-13-7-10-27(11-8-13)17-14(5-6-15(25-17)19(20,21)22)12-24-18(28)26-16-4-2-3-9-23-16/h2-6,9,13H,7-8,10-12H2,1H3,(H2,23,24,26,28). The van der Waals surface area contributed by atoms with E-state index in [2.05, 4.69) is 27.5 Å². The molecule has 1 saturated heterocycles. The fourth-order valence-corrected chi connectivity index (χ4v) is 3.04. The Kier molecular flexibility index (Phi) is 6.01. The van der Waals surface area contributed by atoms with E-state index in [-0.39, 0.29) is 12.4 Å². The molecule has 9 heteroatoms. The van der Waals surface area contributed by atoms with E-state index in [1.807, 2.05) is 4.90 Å². The Morgan fingerprint density at radius 2 is 1.96 bits per heavy atom. The van der Waals surface area contributed by atoms with Crippen LogP contribution in [-0.2, 0) is 12.7 Å². The molecule has 150 valence electrons. The van der Waals surface area contributed by atoms with Crippen LogP contribution in [0.15, 0.2) is 36.5 Å². The van der Waals surface area contributed by atoms with Crippen LogP contribution in [-0.4, -0.2) is 29.1 Å². The lowest BCUT2D eigenvalue weighted by molar-refractivity contribution is -0.141. The van der Waals surface area contributed by atoms with Crippen LogP contribution in [0.5, 0.6) is 0 Å². The second-order valence-corrected chi connectivity index (χ2v) is 6.87. The van der Waals surface area contributed by atoms with Gasteiger partial charge in [-0.15, -0.1) is 0 Å². The normalized spacial score (nSPS) is 15.4. The van der Waals surface area contributed by atoms with E-state index in [0.29, 0.717) is 30.4 Å². The first-order chi connectivity index (χ1) is 13.3. The van der Waals surface area contributed by atoms with Crippen molar-refractivity contribution in [1.29, 1.82) is 0 Å². The Labute approximate surface area is 161 Å². The topological polar surface area (TPSA) is 70.2 Å². The molecule has 0 atom stereocenters. The van der Waals surface area contributed by atoms with Gasteiger partial charge >= 0.3 is 12.2 Å². The first-order valence-electron chi connectivity index (χ1n) is 9.11. The smallest absolute Gasteiger partial charge is 0.356 e. The largest absolute Gasteiger partial charge is 0.433 e. The molecule has 2 N–H and O–H groups in total. The van der Waals surface area contributed by atoms with Crippen LogP contribution >= 0.6 is 0 Å². The number of hydrogen-bond acceptors (Lipinski definition) is 4. The number of aromatic nitrogens is 2. The second-order valence-electron chi connectivity index (χ2n) is 6.87. The van der Waals surface area contributed by atoms with Gasteiger partial charge in [0, 0.05) is 31.4 Å².